The summed E-state index contributed by atoms with van der Waals surface area (Å²) in [5.74, 6) is 1.07. The van der Waals surface area contributed by atoms with E-state index in [2.05, 4.69) is 5.10 Å². The fourth-order valence-corrected chi connectivity index (χ4v) is 2.62. The lowest BCUT2D eigenvalue weighted by molar-refractivity contribution is -0.141. The number of alkyl halides is 3. The Balaban J connectivity index is 1.95. The Morgan fingerprint density at radius 3 is 2.24 bits per heavy atom. The Bertz CT molecular complexity index is 938. The van der Waals surface area contributed by atoms with Gasteiger partial charge in [-0.05, 0) is 54.6 Å². The second kappa shape index (κ2) is 8.54. The highest BCUT2D eigenvalue weighted by molar-refractivity contribution is 5.64. The van der Waals surface area contributed by atoms with Crippen LogP contribution in [0.5, 0.6) is 11.5 Å². The van der Waals surface area contributed by atoms with Crippen LogP contribution in [0.3, 0.4) is 0 Å². The van der Waals surface area contributed by atoms with Gasteiger partial charge in [0.2, 0.25) is 0 Å². The summed E-state index contributed by atoms with van der Waals surface area (Å²) in [5.41, 5.74) is 5.87. The van der Waals surface area contributed by atoms with Gasteiger partial charge in [0.1, 0.15) is 18.1 Å². The van der Waals surface area contributed by atoms with Gasteiger partial charge in [-0.2, -0.15) is 18.3 Å². The van der Waals surface area contributed by atoms with Gasteiger partial charge in [0.05, 0.1) is 31.1 Å². The number of nitrogens with two attached hydrogens (primary N) is 1. The molecule has 0 aliphatic rings. The highest BCUT2D eigenvalue weighted by Gasteiger charge is 2.35. The predicted molar refractivity (Wildman–Crippen MR) is 101 cm³/mol. The summed E-state index contributed by atoms with van der Waals surface area (Å²) < 4.78 is 51.5. The van der Waals surface area contributed by atoms with Gasteiger partial charge in [-0.1, -0.05) is 0 Å². The Kier molecular flexibility index (Phi) is 6.09. The molecule has 1 heterocycles. The average molecular weight is 407 g/mol. The van der Waals surface area contributed by atoms with Crippen LogP contribution in [0.15, 0.2) is 54.6 Å². The van der Waals surface area contributed by atoms with Gasteiger partial charge in [-0.25, -0.2) is 4.68 Å². The number of nitrogens with zero attached hydrogens (tertiary/aromatic N) is 2. The first-order valence-corrected chi connectivity index (χ1v) is 8.73. The quantitative estimate of drug-likeness (QED) is 0.628. The van der Waals surface area contributed by atoms with Crippen molar-refractivity contribution in [1.82, 2.24) is 9.78 Å². The molecule has 0 fully saturated rings. The third-order valence-electron chi connectivity index (χ3n) is 4.17. The maximum Gasteiger partial charge on any atom is 0.435 e. The first-order valence-electron chi connectivity index (χ1n) is 8.73. The zero-order valence-corrected chi connectivity index (χ0v) is 15.6. The summed E-state index contributed by atoms with van der Waals surface area (Å²) in [5, 5.41) is 12.7. The van der Waals surface area contributed by atoms with Crippen molar-refractivity contribution in [3.8, 4) is 28.4 Å². The van der Waals surface area contributed by atoms with E-state index in [9.17, 15) is 13.2 Å². The number of aliphatic hydroxyl groups is 1. The zero-order valence-electron chi connectivity index (χ0n) is 15.6. The highest BCUT2D eigenvalue weighted by Crippen LogP contribution is 2.34. The van der Waals surface area contributed by atoms with Crippen LogP contribution in [-0.4, -0.2) is 41.3 Å². The van der Waals surface area contributed by atoms with E-state index < -0.39 is 17.9 Å². The summed E-state index contributed by atoms with van der Waals surface area (Å²) in [6, 6.07) is 13.6. The lowest BCUT2D eigenvalue weighted by Gasteiger charge is -2.12. The number of rotatable bonds is 7. The molecule has 0 aliphatic carbocycles. The second-order valence-electron chi connectivity index (χ2n) is 6.30. The number of aliphatic hydroxyl groups excluding tert-OH is 1. The number of hydrogen-bond acceptors (Lipinski definition) is 5. The molecule has 2 aromatic carbocycles. The molecule has 0 saturated heterocycles. The normalized spacial score (nSPS) is 12.6. The van der Waals surface area contributed by atoms with E-state index >= 15 is 0 Å². The lowest BCUT2D eigenvalue weighted by Crippen LogP contribution is -2.31. The SMILES string of the molecule is COc1ccc(-n2nc(C(F)(F)F)cc2-c2ccc(OCC(N)CO)cc2)cc1. The van der Waals surface area contributed by atoms with Crippen molar-refractivity contribution >= 4 is 0 Å². The standard InChI is InChI=1S/C20H20F3N3O3/c1-28-16-8-4-15(5-9-16)26-18(10-19(25-26)20(21,22)23)13-2-6-17(7-3-13)29-12-14(24)11-27/h2-10,14,27H,11-12,24H2,1H3. The molecule has 1 unspecified atom stereocenters. The smallest absolute Gasteiger partial charge is 0.435 e. The third kappa shape index (κ3) is 4.87. The van der Waals surface area contributed by atoms with Gasteiger partial charge in [0.25, 0.3) is 0 Å². The maximum atomic E-state index is 13.3. The van der Waals surface area contributed by atoms with Gasteiger partial charge in [0, 0.05) is 5.56 Å². The van der Waals surface area contributed by atoms with Crippen LogP contribution in [0.2, 0.25) is 0 Å². The molecule has 0 amide bonds. The minimum atomic E-state index is -4.57. The lowest BCUT2D eigenvalue weighted by atomic mass is 10.1. The van der Waals surface area contributed by atoms with Crippen LogP contribution in [-0.2, 0) is 6.18 Å². The number of halogens is 3. The molecule has 1 atom stereocenters. The highest BCUT2D eigenvalue weighted by atomic mass is 19.4. The molecular formula is C20H20F3N3O3. The van der Waals surface area contributed by atoms with Gasteiger partial charge >= 0.3 is 6.18 Å². The van der Waals surface area contributed by atoms with E-state index in [1.165, 1.54) is 11.8 Å². The van der Waals surface area contributed by atoms with Crippen molar-refractivity contribution in [1.29, 1.82) is 0 Å². The van der Waals surface area contributed by atoms with E-state index in [1.54, 1.807) is 48.5 Å². The second-order valence-corrected chi connectivity index (χ2v) is 6.30. The molecule has 9 heteroatoms. The minimum Gasteiger partial charge on any atom is -0.497 e. The van der Waals surface area contributed by atoms with Crippen molar-refractivity contribution in [2.45, 2.75) is 12.2 Å². The van der Waals surface area contributed by atoms with E-state index in [4.69, 9.17) is 20.3 Å². The molecule has 154 valence electrons. The molecule has 3 N–H and O–H groups in total. The number of benzene rings is 2. The maximum absolute atomic E-state index is 13.3. The zero-order chi connectivity index (χ0) is 21.0. The Hall–Kier alpha value is -3.04. The number of hydrogen-bond donors (Lipinski definition) is 2. The summed E-state index contributed by atoms with van der Waals surface area (Å²) in [6.45, 7) is -0.0861. The van der Waals surface area contributed by atoms with Crippen LogP contribution in [0.1, 0.15) is 5.69 Å². The first-order chi connectivity index (χ1) is 13.8. The van der Waals surface area contributed by atoms with Crippen molar-refractivity contribution in [2.24, 2.45) is 5.73 Å². The van der Waals surface area contributed by atoms with Crippen molar-refractivity contribution < 1.29 is 27.8 Å². The fraction of sp³-hybridized carbons (Fsp3) is 0.250. The Labute approximate surface area is 165 Å². The monoisotopic (exact) mass is 407 g/mol. The molecular weight excluding hydrogens is 387 g/mol. The van der Waals surface area contributed by atoms with Crippen molar-refractivity contribution in [3.05, 3.63) is 60.3 Å². The Morgan fingerprint density at radius 1 is 1.07 bits per heavy atom. The van der Waals surface area contributed by atoms with Gasteiger partial charge in [-0.15, -0.1) is 0 Å². The third-order valence-corrected chi connectivity index (χ3v) is 4.17. The van der Waals surface area contributed by atoms with Gasteiger partial charge in [0.15, 0.2) is 5.69 Å². The molecule has 3 rings (SSSR count). The first kappa shape index (κ1) is 20.7. The molecule has 0 saturated carbocycles. The van der Waals surface area contributed by atoms with Crippen LogP contribution in [0, 0.1) is 0 Å². The minimum absolute atomic E-state index is 0.123. The van der Waals surface area contributed by atoms with Crippen molar-refractivity contribution in [2.75, 3.05) is 20.3 Å². The number of ether oxygens (including phenoxy) is 2. The molecule has 6 nitrogen and oxygen atoms in total. The molecule has 0 aliphatic heterocycles. The summed E-state index contributed by atoms with van der Waals surface area (Å²) in [4.78, 5) is 0. The molecule has 0 bridgehead atoms. The Morgan fingerprint density at radius 2 is 1.69 bits per heavy atom. The van der Waals surface area contributed by atoms with Gasteiger partial charge < -0.3 is 20.3 Å². The predicted octanol–water partition coefficient (Wildman–Crippen LogP) is 3.27. The van der Waals surface area contributed by atoms with Gasteiger partial charge in [-0.3, -0.25) is 0 Å². The van der Waals surface area contributed by atoms with E-state index in [1.807, 2.05) is 0 Å². The molecule has 29 heavy (non-hydrogen) atoms. The molecule has 3 aromatic rings. The largest absolute Gasteiger partial charge is 0.497 e. The summed E-state index contributed by atoms with van der Waals surface area (Å²) in [7, 11) is 1.51. The van der Waals surface area contributed by atoms with Crippen LogP contribution < -0.4 is 15.2 Å². The van der Waals surface area contributed by atoms with Crippen LogP contribution in [0.25, 0.3) is 16.9 Å². The number of methoxy groups -OCH3 is 1. The van der Waals surface area contributed by atoms with E-state index in [0.717, 1.165) is 6.07 Å². The molecule has 1 aromatic heterocycles. The van der Waals surface area contributed by atoms with E-state index in [0.29, 0.717) is 22.7 Å². The molecule has 0 radical (unpaired) electrons. The van der Waals surface area contributed by atoms with E-state index in [-0.39, 0.29) is 18.9 Å². The summed E-state index contributed by atoms with van der Waals surface area (Å²) >= 11 is 0. The number of aromatic nitrogens is 2. The fourth-order valence-electron chi connectivity index (χ4n) is 2.62. The van der Waals surface area contributed by atoms with Crippen LogP contribution in [0.4, 0.5) is 13.2 Å². The summed E-state index contributed by atoms with van der Waals surface area (Å²) in [6.07, 6.45) is -4.57. The topological polar surface area (TPSA) is 82.5 Å². The van der Waals surface area contributed by atoms with Crippen molar-refractivity contribution in [3.63, 3.8) is 0 Å². The van der Waals surface area contributed by atoms with Crippen LogP contribution >= 0.6 is 0 Å². The average Bonchev–Trinajstić information content (AvgIpc) is 3.18. The molecule has 0 spiro atoms.